The molecule has 0 aliphatic carbocycles. The van der Waals surface area contributed by atoms with E-state index < -0.39 is 23.8 Å². The van der Waals surface area contributed by atoms with Crippen LogP contribution in [0.2, 0.25) is 0 Å². The van der Waals surface area contributed by atoms with Gasteiger partial charge in [0.15, 0.2) is 5.79 Å². The van der Waals surface area contributed by atoms with Gasteiger partial charge in [0.25, 0.3) is 0 Å². The maximum atomic E-state index is 15.0. The number of azide groups is 1. The average Bonchev–Trinajstić information content (AvgIpc) is 3.30. The van der Waals surface area contributed by atoms with Gasteiger partial charge in [-0.2, -0.15) is 0 Å². The molecule has 3 aliphatic heterocycles. The maximum absolute atomic E-state index is 15.0. The van der Waals surface area contributed by atoms with Crippen LogP contribution in [-0.4, -0.2) is 57.4 Å². The fourth-order valence-electron chi connectivity index (χ4n) is 4.37. The lowest BCUT2D eigenvalue weighted by Crippen LogP contribution is -2.58. The molecule has 9 nitrogen and oxygen atoms in total. The first-order valence-corrected chi connectivity index (χ1v) is 9.67. The van der Waals surface area contributed by atoms with Crippen LogP contribution in [0.4, 0.5) is 20.6 Å². The minimum absolute atomic E-state index is 0.0497. The second-order valence-electron chi connectivity index (χ2n) is 8.17. The Bertz CT molecular complexity index is 851. The van der Waals surface area contributed by atoms with Crippen molar-refractivity contribution in [3.8, 4) is 0 Å². The van der Waals surface area contributed by atoms with Crippen molar-refractivity contribution in [2.75, 3.05) is 49.2 Å². The lowest BCUT2D eigenvalue weighted by atomic mass is 9.77. The number of hydrogen-bond donors (Lipinski definition) is 0. The van der Waals surface area contributed by atoms with Crippen molar-refractivity contribution < 1.29 is 23.4 Å². The van der Waals surface area contributed by atoms with Crippen molar-refractivity contribution in [1.82, 2.24) is 0 Å². The summed E-state index contributed by atoms with van der Waals surface area (Å²) in [6.45, 7) is 6.77. The Labute approximate surface area is 167 Å². The number of ether oxygens (including phenoxy) is 3. The molecule has 0 aromatic heterocycles. The molecule has 4 rings (SSSR count). The zero-order valence-electron chi connectivity index (χ0n) is 16.5. The van der Waals surface area contributed by atoms with E-state index >= 15 is 0 Å². The number of piperidine rings is 1. The van der Waals surface area contributed by atoms with Crippen LogP contribution >= 0.6 is 0 Å². The van der Waals surface area contributed by atoms with E-state index in [9.17, 15) is 9.18 Å². The molecule has 1 aromatic rings. The fraction of sp³-hybridized carbons (Fsp3) is 0.632. The minimum Gasteiger partial charge on any atom is -0.444 e. The van der Waals surface area contributed by atoms with Crippen LogP contribution in [-0.2, 0) is 14.2 Å². The Kier molecular flexibility index (Phi) is 5.02. The van der Waals surface area contributed by atoms with Crippen LogP contribution in [0.5, 0.6) is 0 Å². The van der Waals surface area contributed by atoms with Crippen LogP contribution in [0.3, 0.4) is 0 Å². The lowest BCUT2D eigenvalue weighted by Gasteiger charge is -2.50. The van der Waals surface area contributed by atoms with Crippen LogP contribution < -0.4 is 9.80 Å². The second kappa shape index (κ2) is 7.37. The normalized spacial score (nSPS) is 25.2. The molecule has 0 radical (unpaired) electrons. The first-order valence-electron chi connectivity index (χ1n) is 9.67. The van der Waals surface area contributed by atoms with E-state index in [-0.39, 0.29) is 18.5 Å². The predicted molar refractivity (Wildman–Crippen MR) is 103 cm³/mol. The molecule has 0 bridgehead atoms. The van der Waals surface area contributed by atoms with Gasteiger partial charge >= 0.3 is 6.09 Å². The lowest BCUT2D eigenvalue weighted by molar-refractivity contribution is -0.235. The molecule has 3 fully saturated rings. The molecule has 1 atom stereocenters. The topological polar surface area (TPSA) is 100 Å². The number of anilines is 2. The standard InChI is InChI=1S/C19H24FN5O4/c1-18(2)12-24(6-5-19(18)27-7-8-28-19)16-4-3-13(9-15(16)20)25-11-14(10-22-23-21)29-17(25)26/h3-4,9,14H,5-8,10-12H2,1-2H3/t14-/m0/s1. The Morgan fingerprint density at radius 1 is 1.34 bits per heavy atom. The molecular weight excluding hydrogens is 381 g/mol. The molecule has 0 saturated carbocycles. The first-order chi connectivity index (χ1) is 13.9. The van der Waals surface area contributed by atoms with E-state index in [2.05, 4.69) is 23.9 Å². The van der Waals surface area contributed by atoms with E-state index in [0.717, 1.165) is 0 Å². The molecule has 156 valence electrons. The van der Waals surface area contributed by atoms with Gasteiger partial charge in [0, 0.05) is 29.8 Å². The largest absolute Gasteiger partial charge is 0.444 e. The van der Waals surface area contributed by atoms with Gasteiger partial charge < -0.3 is 19.1 Å². The summed E-state index contributed by atoms with van der Waals surface area (Å²) in [7, 11) is 0. The Morgan fingerprint density at radius 2 is 2.10 bits per heavy atom. The first kappa shape index (κ1) is 19.8. The summed E-state index contributed by atoms with van der Waals surface area (Å²) in [6, 6.07) is 4.73. The Hall–Kier alpha value is -2.55. The molecule has 29 heavy (non-hydrogen) atoms. The summed E-state index contributed by atoms with van der Waals surface area (Å²) in [5.41, 5.74) is 8.99. The fourth-order valence-corrected chi connectivity index (χ4v) is 4.37. The van der Waals surface area contributed by atoms with Gasteiger partial charge in [0.05, 0.1) is 37.7 Å². The van der Waals surface area contributed by atoms with E-state index in [1.54, 1.807) is 12.1 Å². The summed E-state index contributed by atoms with van der Waals surface area (Å²) < 4.78 is 32.0. The monoisotopic (exact) mass is 405 g/mol. The number of nitrogens with zero attached hydrogens (tertiary/aromatic N) is 5. The summed E-state index contributed by atoms with van der Waals surface area (Å²) in [5, 5.41) is 3.43. The molecule has 0 unspecified atom stereocenters. The van der Waals surface area contributed by atoms with Crippen LogP contribution in [0.15, 0.2) is 23.3 Å². The zero-order valence-corrected chi connectivity index (χ0v) is 16.5. The minimum atomic E-state index is -0.611. The van der Waals surface area contributed by atoms with Crippen molar-refractivity contribution in [2.24, 2.45) is 10.5 Å². The number of hydrogen-bond acceptors (Lipinski definition) is 6. The van der Waals surface area contributed by atoms with E-state index in [0.29, 0.717) is 44.1 Å². The molecule has 1 amide bonds. The van der Waals surface area contributed by atoms with Crippen LogP contribution in [0, 0.1) is 11.2 Å². The summed E-state index contributed by atoms with van der Waals surface area (Å²) in [5.74, 6) is -1.02. The number of halogens is 1. The van der Waals surface area contributed by atoms with E-state index in [1.165, 1.54) is 11.0 Å². The van der Waals surface area contributed by atoms with Gasteiger partial charge in [-0.05, 0) is 23.7 Å². The molecule has 0 N–H and O–H groups in total. The van der Waals surface area contributed by atoms with E-state index in [1.807, 2.05) is 4.90 Å². The van der Waals surface area contributed by atoms with Gasteiger partial charge in [0.2, 0.25) is 0 Å². The second-order valence-corrected chi connectivity index (χ2v) is 8.17. The van der Waals surface area contributed by atoms with Crippen LogP contribution in [0.1, 0.15) is 20.3 Å². The van der Waals surface area contributed by atoms with Crippen molar-refractivity contribution >= 4 is 17.5 Å². The Balaban J connectivity index is 1.50. The zero-order chi connectivity index (χ0) is 20.6. The van der Waals surface area contributed by atoms with Gasteiger partial charge in [-0.1, -0.05) is 19.0 Å². The van der Waals surface area contributed by atoms with Gasteiger partial charge in [-0.25, -0.2) is 9.18 Å². The molecular formula is C19H24FN5O4. The number of amides is 1. The molecule has 3 heterocycles. The van der Waals surface area contributed by atoms with Crippen molar-refractivity contribution in [1.29, 1.82) is 0 Å². The van der Waals surface area contributed by atoms with Crippen molar-refractivity contribution in [3.63, 3.8) is 0 Å². The molecule has 10 heteroatoms. The third-order valence-electron chi connectivity index (χ3n) is 5.89. The number of benzene rings is 1. The third kappa shape index (κ3) is 3.48. The summed E-state index contributed by atoms with van der Waals surface area (Å²) in [6.07, 6.45) is -0.459. The van der Waals surface area contributed by atoms with Crippen molar-refractivity contribution in [3.05, 3.63) is 34.5 Å². The predicted octanol–water partition coefficient (Wildman–Crippen LogP) is 3.44. The number of carbonyl (C=O) groups is 1. The number of carbonyl (C=O) groups excluding carboxylic acids is 1. The quantitative estimate of drug-likeness (QED) is 0.434. The third-order valence-corrected chi connectivity index (χ3v) is 5.89. The number of cyclic esters (lactones) is 1. The summed E-state index contributed by atoms with van der Waals surface area (Å²) >= 11 is 0. The number of rotatable bonds is 4. The van der Waals surface area contributed by atoms with Gasteiger partial charge in [-0.3, -0.25) is 4.90 Å². The highest BCUT2D eigenvalue weighted by molar-refractivity contribution is 5.90. The molecule has 3 saturated heterocycles. The molecule has 1 spiro atoms. The highest BCUT2D eigenvalue weighted by Gasteiger charge is 2.53. The molecule has 1 aromatic carbocycles. The maximum Gasteiger partial charge on any atom is 0.414 e. The molecule has 3 aliphatic rings. The van der Waals surface area contributed by atoms with Gasteiger partial charge in [-0.15, -0.1) is 0 Å². The Morgan fingerprint density at radius 3 is 2.76 bits per heavy atom. The smallest absolute Gasteiger partial charge is 0.414 e. The van der Waals surface area contributed by atoms with Gasteiger partial charge in [0.1, 0.15) is 11.9 Å². The van der Waals surface area contributed by atoms with Crippen LogP contribution in [0.25, 0.3) is 10.4 Å². The highest BCUT2D eigenvalue weighted by atomic mass is 19.1. The highest BCUT2D eigenvalue weighted by Crippen LogP contribution is 2.46. The average molecular weight is 405 g/mol. The van der Waals surface area contributed by atoms with Crippen molar-refractivity contribution in [2.45, 2.75) is 32.2 Å². The summed E-state index contributed by atoms with van der Waals surface area (Å²) in [4.78, 5) is 18.1. The SMILES string of the molecule is CC1(C)CN(c2ccc(N3C[C@H](CN=[N+]=[N-])OC3=O)cc2F)CCC12OCCO2. The van der Waals surface area contributed by atoms with E-state index in [4.69, 9.17) is 19.7 Å².